The summed E-state index contributed by atoms with van der Waals surface area (Å²) in [5.41, 5.74) is 4.46. The lowest BCUT2D eigenvalue weighted by Gasteiger charge is -2.36. The summed E-state index contributed by atoms with van der Waals surface area (Å²) in [4.78, 5) is 6.77. The zero-order valence-corrected chi connectivity index (χ0v) is 21.8. The third kappa shape index (κ3) is 4.56. The first-order chi connectivity index (χ1) is 16.9. The summed E-state index contributed by atoms with van der Waals surface area (Å²) in [7, 11) is -4.62. The minimum absolute atomic E-state index is 0.360. The second-order valence-electron chi connectivity index (χ2n) is 9.15. The standard InChI is InChI=1S/C27H31N3O3S2/c1-21-13-14-26-27(22(21)2)30(24-11-6-7-12-25(24)34(26)31)16-8-15-28-17-19-29(20-18-28)35(32,33)23-9-4-3-5-10-23/h3-7,9-14H,8,15-20H2,1-2H3. The molecule has 0 N–H and O–H groups in total. The van der Waals surface area contributed by atoms with Crippen molar-refractivity contribution < 1.29 is 12.6 Å². The van der Waals surface area contributed by atoms with Crippen molar-refractivity contribution in [3.05, 3.63) is 77.9 Å². The predicted octanol–water partition coefficient (Wildman–Crippen LogP) is 4.32. The molecule has 3 aromatic carbocycles. The predicted molar refractivity (Wildman–Crippen MR) is 140 cm³/mol. The molecule has 0 amide bonds. The van der Waals surface area contributed by atoms with E-state index >= 15 is 0 Å². The van der Waals surface area contributed by atoms with Crippen LogP contribution in [0.2, 0.25) is 0 Å². The number of benzene rings is 3. The molecular formula is C27H31N3O3S2. The Balaban J connectivity index is 1.26. The van der Waals surface area contributed by atoms with Crippen molar-refractivity contribution in [2.45, 2.75) is 35.0 Å². The average molecular weight is 510 g/mol. The van der Waals surface area contributed by atoms with E-state index in [1.54, 1.807) is 28.6 Å². The number of aryl methyl sites for hydroxylation is 1. The van der Waals surface area contributed by atoms with Crippen LogP contribution < -0.4 is 4.90 Å². The molecule has 0 spiro atoms. The quantitative estimate of drug-likeness (QED) is 0.495. The fraction of sp³-hybridized carbons (Fsp3) is 0.333. The number of rotatable bonds is 6. The van der Waals surface area contributed by atoms with E-state index in [-0.39, 0.29) is 0 Å². The molecule has 1 atom stereocenters. The highest BCUT2D eigenvalue weighted by Gasteiger charge is 2.31. The first-order valence-corrected chi connectivity index (χ1v) is 14.6. The largest absolute Gasteiger partial charge is 0.339 e. The molecule has 8 heteroatoms. The van der Waals surface area contributed by atoms with Gasteiger partial charge >= 0.3 is 0 Å². The van der Waals surface area contributed by atoms with E-state index in [4.69, 9.17) is 0 Å². The van der Waals surface area contributed by atoms with Crippen LogP contribution in [0.4, 0.5) is 11.4 Å². The monoisotopic (exact) mass is 509 g/mol. The number of hydrogen-bond donors (Lipinski definition) is 0. The molecule has 0 radical (unpaired) electrons. The molecule has 1 saturated heterocycles. The van der Waals surface area contributed by atoms with Crippen molar-refractivity contribution in [2.24, 2.45) is 0 Å². The summed E-state index contributed by atoms with van der Waals surface area (Å²) in [6, 6.07) is 20.7. The molecule has 2 aliphatic rings. The number of nitrogens with zero attached hydrogens (tertiary/aromatic N) is 3. The van der Waals surface area contributed by atoms with E-state index in [1.807, 2.05) is 30.3 Å². The van der Waals surface area contributed by atoms with Crippen molar-refractivity contribution >= 4 is 32.2 Å². The van der Waals surface area contributed by atoms with Crippen LogP contribution in [-0.4, -0.2) is 61.1 Å². The lowest BCUT2D eigenvalue weighted by atomic mass is 10.1. The van der Waals surface area contributed by atoms with Crippen molar-refractivity contribution in [2.75, 3.05) is 44.2 Å². The number of anilines is 2. The third-order valence-corrected chi connectivity index (χ3v) is 10.4. The van der Waals surface area contributed by atoms with Gasteiger partial charge in [-0.2, -0.15) is 4.31 Å². The summed E-state index contributed by atoms with van der Waals surface area (Å²) >= 11 is 0. The third-order valence-electron chi connectivity index (χ3n) is 7.06. The van der Waals surface area contributed by atoms with Gasteiger partial charge in [-0.1, -0.05) is 36.4 Å². The second kappa shape index (κ2) is 9.85. The molecule has 6 nitrogen and oxygen atoms in total. The molecule has 5 rings (SSSR count). The summed E-state index contributed by atoms with van der Waals surface area (Å²) < 4.78 is 40.7. The van der Waals surface area contributed by atoms with E-state index in [0.717, 1.165) is 53.8 Å². The smallest absolute Gasteiger partial charge is 0.243 e. The molecular weight excluding hydrogens is 478 g/mol. The van der Waals surface area contributed by atoms with E-state index < -0.39 is 20.8 Å². The molecule has 1 unspecified atom stereocenters. The van der Waals surface area contributed by atoms with Crippen LogP contribution in [0, 0.1) is 13.8 Å². The van der Waals surface area contributed by atoms with Gasteiger partial charge < -0.3 is 9.80 Å². The van der Waals surface area contributed by atoms with Gasteiger partial charge in [0.05, 0.1) is 36.9 Å². The van der Waals surface area contributed by atoms with E-state index in [2.05, 4.69) is 35.8 Å². The number of hydrogen-bond acceptors (Lipinski definition) is 5. The summed E-state index contributed by atoms with van der Waals surface area (Å²) in [5.74, 6) is 0. The van der Waals surface area contributed by atoms with Crippen molar-refractivity contribution in [3.8, 4) is 0 Å². The van der Waals surface area contributed by atoms with Crippen LogP contribution in [0.15, 0.2) is 81.4 Å². The van der Waals surface area contributed by atoms with E-state index in [0.29, 0.717) is 18.0 Å². The number of piperazine rings is 1. The lowest BCUT2D eigenvalue weighted by molar-refractivity contribution is 0.187. The Labute approximate surface area is 210 Å². The van der Waals surface area contributed by atoms with Crippen LogP contribution >= 0.6 is 0 Å². The number of sulfonamides is 1. The van der Waals surface area contributed by atoms with Gasteiger partial charge in [0.15, 0.2) is 0 Å². The van der Waals surface area contributed by atoms with Crippen LogP contribution in [-0.2, 0) is 20.8 Å². The topological polar surface area (TPSA) is 60.9 Å². The number of para-hydroxylation sites is 1. The van der Waals surface area contributed by atoms with Crippen LogP contribution in [0.5, 0.6) is 0 Å². The minimum atomic E-state index is -3.43. The molecule has 0 aliphatic carbocycles. The molecule has 3 aromatic rings. The highest BCUT2D eigenvalue weighted by molar-refractivity contribution is 7.89. The fourth-order valence-corrected chi connectivity index (χ4v) is 7.84. The maximum Gasteiger partial charge on any atom is 0.243 e. The van der Waals surface area contributed by atoms with Gasteiger partial charge in [-0.15, -0.1) is 0 Å². The Morgan fingerprint density at radius 1 is 0.800 bits per heavy atom. The first kappa shape index (κ1) is 24.2. The fourth-order valence-electron chi connectivity index (χ4n) is 4.96. The van der Waals surface area contributed by atoms with Gasteiger partial charge in [0.25, 0.3) is 0 Å². The summed E-state index contributed by atoms with van der Waals surface area (Å²) in [6.45, 7) is 8.37. The maximum atomic E-state index is 13.3. The molecule has 2 heterocycles. The van der Waals surface area contributed by atoms with Gasteiger partial charge in [-0.05, 0) is 68.3 Å². The molecule has 35 heavy (non-hydrogen) atoms. The Hall–Kier alpha value is -2.52. The normalized spacial score (nSPS) is 18.8. The Morgan fingerprint density at radius 2 is 1.49 bits per heavy atom. The van der Waals surface area contributed by atoms with Crippen molar-refractivity contribution in [1.82, 2.24) is 9.21 Å². The van der Waals surface area contributed by atoms with Crippen LogP contribution in [0.25, 0.3) is 0 Å². The van der Waals surface area contributed by atoms with Gasteiger partial charge in [0.1, 0.15) is 0 Å². The average Bonchev–Trinajstić information content (AvgIpc) is 2.89. The number of fused-ring (bicyclic) bond motifs is 2. The highest BCUT2D eigenvalue weighted by atomic mass is 32.2. The first-order valence-electron chi connectivity index (χ1n) is 12.0. The molecule has 0 saturated carbocycles. The molecule has 184 valence electrons. The molecule has 2 aliphatic heterocycles. The Morgan fingerprint density at radius 3 is 2.23 bits per heavy atom. The van der Waals surface area contributed by atoms with E-state index in [9.17, 15) is 12.6 Å². The summed E-state index contributed by atoms with van der Waals surface area (Å²) in [5, 5.41) is 0. The molecule has 0 aromatic heterocycles. The van der Waals surface area contributed by atoms with Crippen molar-refractivity contribution in [3.63, 3.8) is 0 Å². The van der Waals surface area contributed by atoms with Crippen LogP contribution in [0.1, 0.15) is 17.5 Å². The van der Waals surface area contributed by atoms with Gasteiger partial charge in [-0.3, -0.25) is 0 Å². The molecule has 0 bridgehead atoms. The Bertz CT molecular complexity index is 1350. The van der Waals surface area contributed by atoms with E-state index in [1.165, 1.54) is 11.1 Å². The lowest BCUT2D eigenvalue weighted by Crippen LogP contribution is -2.49. The molecule has 1 fully saturated rings. The summed E-state index contributed by atoms with van der Waals surface area (Å²) in [6.07, 6.45) is 0.930. The minimum Gasteiger partial charge on any atom is -0.339 e. The van der Waals surface area contributed by atoms with Crippen molar-refractivity contribution in [1.29, 1.82) is 0 Å². The SMILES string of the molecule is Cc1ccc2c(c1C)N(CCCN1CCN(S(=O)(=O)c3ccccc3)CC1)c1ccccc1S2=O. The van der Waals surface area contributed by atoms with Gasteiger partial charge in [0.2, 0.25) is 10.0 Å². The Kier molecular flexibility index (Phi) is 6.81. The second-order valence-corrected chi connectivity index (χ2v) is 12.5. The van der Waals surface area contributed by atoms with Gasteiger partial charge in [-0.25, -0.2) is 12.6 Å². The highest BCUT2D eigenvalue weighted by Crippen LogP contribution is 2.44. The maximum absolute atomic E-state index is 13.3. The van der Waals surface area contributed by atoms with Crippen LogP contribution in [0.3, 0.4) is 0 Å². The van der Waals surface area contributed by atoms with Gasteiger partial charge in [0, 0.05) is 32.7 Å². The zero-order valence-electron chi connectivity index (χ0n) is 20.2. The zero-order chi connectivity index (χ0) is 24.6.